The number of allylic oxidation sites excluding steroid dienone is 1. The number of hydrogen-bond donors (Lipinski definition) is 1. The highest BCUT2D eigenvalue weighted by molar-refractivity contribution is 6.43. The van der Waals surface area contributed by atoms with Gasteiger partial charge in [-0.15, -0.1) is 0 Å². The molecule has 0 atom stereocenters. The lowest BCUT2D eigenvalue weighted by molar-refractivity contribution is -0.114. The second kappa shape index (κ2) is 6.63. The van der Waals surface area contributed by atoms with E-state index in [2.05, 4.69) is 15.3 Å². The highest BCUT2D eigenvalue weighted by Crippen LogP contribution is 2.39. The molecule has 2 aliphatic heterocycles. The van der Waals surface area contributed by atoms with Gasteiger partial charge in [0.05, 0.1) is 5.70 Å². The van der Waals surface area contributed by atoms with Gasteiger partial charge >= 0.3 is 0 Å². The Labute approximate surface area is 151 Å². The summed E-state index contributed by atoms with van der Waals surface area (Å²) >= 11 is 0. The number of nitrogens with one attached hydrogen (secondary N) is 1. The lowest BCUT2D eigenvalue weighted by Gasteiger charge is -2.19. The Morgan fingerprint density at radius 2 is 1.88 bits per heavy atom. The molecule has 0 unspecified atom stereocenters. The minimum atomic E-state index is -0.166. The number of nitrogens with zero attached hydrogens (tertiary/aromatic N) is 2. The Kier molecular flexibility index (Phi) is 4.16. The van der Waals surface area contributed by atoms with Gasteiger partial charge in [-0.3, -0.25) is 9.78 Å². The molecule has 1 N–H and O–H groups in total. The summed E-state index contributed by atoms with van der Waals surface area (Å²) in [5, 5.41) is 2.66. The fourth-order valence-electron chi connectivity index (χ4n) is 3.17. The molecular formula is C20H19N3O3. The van der Waals surface area contributed by atoms with Crippen LogP contribution in [0, 0.1) is 6.92 Å². The largest absolute Gasteiger partial charge is 0.486 e. The average Bonchev–Trinajstić information content (AvgIpc) is 3.12. The van der Waals surface area contributed by atoms with Crippen molar-refractivity contribution in [2.45, 2.75) is 13.3 Å². The SMILES string of the molecule is CNC(=O)C1=NC(c2ccnc(C)c2)=C(c2ccc3c(c2)OCCO3)C1. The van der Waals surface area contributed by atoms with Crippen molar-refractivity contribution in [1.82, 2.24) is 10.3 Å². The van der Waals surface area contributed by atoms with Crippen LogP contribution < -0.4 is 14.8 Å². The number of aliphatic imine (C=N–C) groups is 1. The quantitative estimate of drug-likeness (QED) is 0.924. The predicted octanol–water partition coefficient (Wildman–Crippen LogP) is 2.62. The van der Waals surface area contributed by atoms with Gasteiger partial charge in [0.25, 0.3) is 5.91 Å². The van der Waals surface area contributed by atoms with E-state index in [-0.39, 0.29) is 5.91 Å². The van der Waals surface area contributed by atoms with Crippen molar-refractivity contribution in [3.05, 3.63) is 53.3 Å². The van der Waals surface area contributed by atoms with Gasteiger partial charge in [0, 0.05) is 30.9 Å². The zero-order valence-corrected chi connectivity index (χ0v) is 14.7. The molecule has 6 heteroatoms. The summed E-state index contributed by atoms with van der Waals surface area (Å²) in [4.78, 5) is 21.0. The van der Waals surface area contributed by atoms with Crippen molar-refractivity contribution in [3.8, 4) is 11.5 Å². The normalized spacial score (nSPS) is 15.7. The van der Waals surface area contributed by atoms with Crippen molar-refractivity contribution in [1.29, 1.82) is 0 Å². The number of ether oxygens (including phenoxy) is 2. The van der Waals surface area contributed by atoms with Gasteiger partial charge in [-0.25, -0.2) is 4.99 Å². The van der Waals surface area contributed by atoms with Crippen LogP contribution in [0.25, 0.3) is 11.3 Å². The zero-order chi connectivity index (χ0) is 18.1. The summed E-state index contributed by atoms with van der Waals surface area (Å²) in [6, 6.07) is 9.74. The third-order valence-electron chi connectivity index (χ3n) is 4.43. The Morgan fingerprint density at radius 3 is 2.65 bits per heavy atom. The van der Waals surface area contributed by atoms with Gasteiger partial charge in [-0.05, 0) is 42.3 Å². The van der Waals surface area contributed by atoms with Gasteiger partial charge in [-0.1, -0.05) is 6.07 Å². The van der Waals surface area contributed by atoms with Crippen LogP contribution in [0.15, 0.2) is 41.5 Å². The first-order valence-electron chi connectivity index (χ1n) is 8.51. The number of aryl methyl sites for hydroxylation is 1. The van der Waals surface area contributed by atoms with E-state index in [0.717, 1.165) is 39.6 Å². The molecular weight excluding hydrogens is 330 g/mol. The molecule has 3 heterocycles. The number of amides is 1. The summed E-state index contributed by atoms with van der Waals surface area (Å²) in [7, 11) is 1.61. The van der Waals surface area contributed by atoms with E-state index in [1.54, 1.807) is 13.2 Å². The van der Waals surface area contributed by atoms with Crippen LogP contribution in [-0.4, -0.2) is 36.9 Å². The van der Waals surface area contributed by atoms with E-state index < -0.39 is 0 Å². The van der Waals surface area contributed by atoms with Crippen molar-refractivity contribution >= 4 is 22.9 Å². The van der Waals surface area contributed by atoms with Crippen LogP contribution in [0.3, 0.4) is 0 Å². The molecule has 132 valence electrons. The molecule has 1 aromatic heterocycles. The average molecular weight is 349 g/mol. The monoisotopic (exact) mass is 349 g/mol. The second-order valence-electron chi connectivity index (χ2n) is 6.19. The summed E-state index contributed by atoms with van der Waals surface area (Å²) in [5.41, 5.74) is 5.11. The number of rotatable bonds is 3. The fourth-order valence-corrected chi connectivity index (χ4v) is 3.17. The van der Waals surface area contributed by atoms with Gasteiger partial charge < -0.3 is 14.8 Å². The summed E-state index contributed by atoms with van der Waals surface area (Å²) in [6.07, 6.45) is 2.22. The molecule has 1 aromatic carbocycles. The first-order chi connectivity index (χ1) is 12.7. The minimum absolute atomic E-state index is 0.166. The number of fused-ring (bicyclic) bond motifs is 1. The summed E-state index contributed by atoms with van der Waals surface area (Å²) in [6.45, 7) is 3.03. The Hall–Kier alpha value is -3.15. The van der Waals surface area contributed by atoms with Crippen LogP contribution >= 0.6 is 0 Å². The molecule has 26 heavy (non-hydrogen) atoms. The van der Waals surface area contributed by atoms with Gasteiger partial charge in [0.15, 0.2) is 11.5 Å². The molecule has 2 aliphatic rings. The highest BCUT2D eigenvalue weighted by atomic mass is 16.6. The van der Waals surface area contributed by atoms with E-state index in [4.69, 9.17) is 9.47 Å². The van der Waals surface area contributed by atoms with E-state index >= 15 is 0 Å². The molecule has 4 rings (SSSR count). The fraction of sp³-hybridized carbons (Fsp3) is 0.250. The number of hydrogen-bond acceptors (Lipinski definition) is 5. The smallest absolute Gasteiger partial charge is 0.265 e. The number of carbonyl (C=O) groups excluding carboxylic acids is 1. The molecule has 0 saturated heterocycles. The van der Waals surface area contributed by atoms with Crippen LogP contribution in [0.4, 0.5) is 0 Å². The first-order valence-corrected chi connectivity index (χ1v) is 8.51. The third kappa shape index (κ3) is 2.94. The zero-order valence-electron chi connectivity index (χ0n) is 14.7. The maximum Gasteiger partial charge on any atom is 0.265 e. The molecule has 6 nitrogen and oxygen atoms in total. The number of benzene rings is 1. The summed E-state index contributed by atoms with van der Waals surface area (Å²) < 4.78 is 11.3. The maximum atomic E-state index is 12.1. The van der Waals surface area contributed by atoms with Crippen molar-refractivity contribution in [3.63, 3.8) is 0 Å². The van der Waals surface area contributed by atoms with E-state index in [1.165, 1.54) is 0 Å². The number of carbonyl (C=O) groups is 1. The molecule has 0 radical (unpaired) electrons. The molecule has 0 bridgehead atoms. The number of pyridine rings is 1. The van der Waals surface area contributed by atoms with Crippen LogP contribution in [0.1, 0.15) is 23.2 Å². The Bertz CT molecular complexity index is 947. The van der Waals surface area contributed by atoms with Crippen molar-refractivity contribution < 1.29 is 14.3 Å². The first kappa shape index (κ1) is 16.3. The van der Waals surface area contributed by atoms with Crippen molar-refractivity contribution in [2.75, 3.05) is 20.3 Å². The van der Waals surface area contributed by atoms with E-state index in [1.807, 2.05) is 37.3 Å². The Balaban J connectivity index is 1.81. The second-order valence-corrected chi connectivity index (χ2v) is 6.19. The summed E-state index contributed by atoms with van der Waals surface area (Å²) in [5.74, 6) is 1.30. The maximum absolute atomic E-state index is 12.1. The molecule has 0 saturated carbocycles. The van der Waals surface area contributed by atoms with Crippen LogP contribution in [-0.2, 0) is 4.79 Å². The topological polar surface area (TPSA) is 72.8 Å². The minimum Gasteiger partial charge on any atom is -0.486 e. The standard InChI is InChI=1S/C20H19N3O3/c1-12-9-14(5-6-22-12)19-15(11-16(23-19)20(24)21-2)13-3-4-17-18(10-13)26-8-7-25-17/h3-6,9-10H,7-8,11H2,1-2H3,(H,21,24). The van der Waals surface area contributed by atoms with Gasteiger partial charge in [-0.2, -0.15) is 0 Å². The highest BCUT2D eigenvalue weighted by Gasteiger charge is 2.25. The molecule has 0 spiro atoms. The third-order valence-corrected chi connectivity index (χ3v) is 4.43. The van der Waals surface area contributed by atoms with Gasteiger partial charge in [0.2, 0.25) is 0 Å². The lowest BCUT2D eigenvalue weighted by atomic mass is 9.97. The molecule has 1 amide bonds. The van der Waals surface area contributed by atoms with Crippen LogP contribution in [0.5, 0.6) is 11.5 Å². The van der Waals surface area contributed by atoms with Crippen molar-refractivity contribution in [2.24, 2.45) is 4.99 Å². The van der Waals surface area contributed by atoms with E-state index in [9.17, 15) is 4.79 Å². The molecule has 0 aliphatic carbocycles. The lowest BCUT2D eigenvalue weighted by Crippen LogP contribution is -2.26. The predicted molar refractivity (Wildman–Crippen MR) is 99.3 cm³/mol. The Morgan fingerprint density at radius 1 is 1.08 bits per heavy atom. The molecule has 0 fully saturated rings. The molecule has 2 aromatic rings. The van der Waals surface area contributed by atoms with Gasteiger partial charge in [0.1, 0.15) is 18.9 Å². The van der Waals surface area contributed by atoms with Crippen LogP contribution in [0.2, 0.25) is 0 Å². The number of aromatic nitrogens is 1. The van der Waals surface area contributed by atoms with E-state index in [0.29, 0.717) is 25.3 Å².